The van der Waals surface area contributed by atoms with Gasteiger partial charge in [-0.15, -0.1) is 0 Å². The van der Waals surface area contributed by atoms with E-state index in [1.807, 2.05) is 39.1 Å². The summed E-state index contributed by atoms with van der Waals surface area (Å²) in [7, 11) is 3.57. The highest BCUT2D eigenvalue weighted by atomic mass is 35.5. The third-order valence-electron chi connectivity index (χ3n) is 7.10. The van der Waals surface area contributed by atoms with Crippen molar-refractivity contribution in [2.45, 2.75) is 39.7 Å². The Bertz CT molecular complexity index is 1810. The Balaban J connectivity index is 1.84. The molecule has 7 nitrogen and oxygen atoms in total. The van der Waals surface area contributed by atoms with Crippen molar-refractivity contribution >= 4 is 45.9 Å². The van der Waals surface area contributed by atoms with Crippen molar-refractivity contribution in [3.8, 4) is 5.75 Å². The Morgan fingerprint density at radius 1 is 1.21 bits per heavy atom. The number of para-hydroxylation sites is 1. The Kier molecular flexibility index (Phi) is 7.51. The molecule has 9 heteroatoms. The molecule has 0 spiro atoms. The van der Waals surface area contributed by atoms with Gasteiger partial charge < -0.3 is 14.0 Å². The Morgan fingerprint density at radius 2 is 1.97 bits per heavy atom. The number of benzene rings is 2. The zero-order chi connectivity index (χ0) is 27.8. The molecule has 0 fully saturated rings. The number of thiazole rings is 1. The summed E-state index contributed by atoms with van der Waals surface area (Å²) in [6.07, 6.45) is 3.26. The van der Waals surface area contributed by atoms with Gasteiger partial charge in [-0.3, -0.25) is 9.36 Å². The quantitative estimate of drug-likeness (QED) is 0.295. The summed E-state index contributed by atoms with van der Waals surface area (Å²) in [5, 5.41) is 1.53. The number of carbonyl (C=O) groups excluding carboxylic acids is 1. The normalized spacial score (nSPS) is 15.4. The number of halogens is 1. The molecule has 1 aliphatic heterocycles. The zero-order valence-electron chi connectivity index (χ0n) is 22.6. The van der Waals surface area contributed by atoms with E-state index < -0.39 is 12.0 Å². The maximum absolute atomic E-state index is 14.2. The molecule has 1 atom stereocenters. The van der Waals surface area contributed by atoms with Gasteiger partial charge in [0.2, 0.25) is 0 Å². The van der Waals surface area contributed by atoms with Crippen molar-refractivity contribution in [3.63, 3.8) is 0 Å². The molecule has 0 saturated heterocycles. The predicted molar refractivity (Wildman–Crippen MR) is 155 cm³/mol. The van der Waals surface area contributed by atoms with E-state index in [0.29, 0.717) is 43.4 Å². The molecule has 0 radical (unpaired) electrons. The van der Waals surface area contributed by atoms with Gasteiger partial charge in [-0.1, -0.05) is 54.5 Å². The van der Waals surface area contributed by atoms with Gasteiger partial charge >= 0.3 is 5.97 Å². The minimum Gasteiger partial charge on any atom is -0.496 e. The Labute approximate surface area is 235 Å². The number of nitrogens with zero attached hydrogens (tertiary/aromatic N) is 3. The van der Waals surface area contributed by atoms with E-state index >= 15 is 0 Å². The van der Waals surface area contributed by atoms with E-state index in [0.717, 1.165) is 28.6 Å². The topological polar surface area (TPSA) is 74.8 Å². The number of hydrogen-bond donors (Lipinski definition) is 0. The molecule has 0 bridgehead atoms. The number of esters is 1. The maximum atomic E-state index is 14.2. The van der Waals surface area contributed by atoms with E-state index in [1.54, 1.807) is 36.8 Å². The third-order valence-corrected chi connectivity index (χ3v) is 8.32. The van der Waals surface area contributed by atoms with Gasteiger partial charge in [0.25, 0.3) is 5.56 Å². The van der Waals surface area contributed by atoms with Crippen molar-refractivity contribution in [1.82, 2.24) is 9.13 Å². The summed E-state index contributed by atoms with van der Waals surface area (Å²) in [5.41, 5.74) is 4.42. The number of carbonyl (C=O) groups is 1. The van der Waals surface area contributed by atoms with Crippen LogP contribution in [-0.4, -0.2) is 28.8 Å². The van der Waals surface area contributed by atoms with Crippen molar-refractivity contribution in [2.75, 3.05) is 13.7 Å². The highest BCUT2D eigenvalue weighted by Crippen LogP contribution is 2.38. The second kappa shape index (κ2) is 10.9. The fourth-order valence-electron chi connectivity index (χ4n) is 5.20. The maximum Gasteiger partial charge on any atom is 0.338 e. The SMILES string of the molecule is CCCC1=C(C(=O)OCC)[C@@H](c2cc(Cl)ccc2OC)n2c(s/c(=C/c3c(C)n(C)c4ccccc34)c2=O)=N1. The van der Waals surface area contributed by atoms with Gasteiger partial charge in [0.05, 0.1) is 29.5 Å². The van der Waals surface area contributed by atoms with Crippen LogP contribution in [0.15, 0.2) is 63.5 Å². The van der Waals surface area contributed by atoms with Crippen LogP contribution in [0.4, 0.5) is 0 Å². The lowest BCUT2D eigenvalue weighted by molar-refractivity contribution is -0.139. The fourth-order valence-corrected chi connectivity index (χ4v) is 6.38. The van der Waals surface area contributed by atoms with E-state index in [2.05, 4.69) is 16.7 Å². The van der Waals surface area contributed by atoms with Crippen LogP contribution in [0.3, 0.4) is 0 Å². The Morgan fingerprint density at radius 3 is 2.69 bits per heavy atom. The molecule has 4 aromatic rings. The summed E-state index contributed by atoms with van der Waals surface area (Å²) in [6.45, 7) is 6.03. The van der Waals surface area contributed by atoms with Gasteiger partial charge in [-0.2, -0.15) is 0 Å². The molecule has 0 unspecified atom stereocenters. The van der Waals surface area contributed by atoms with Crippen LogP contribution in [0, 0.1) is 6.92 Å². The van der Waals surface area contributed by atoms with Crippen LogP contribution in [0.2, 0.25) is 5.02 Å². The van der Waals surface area contributed by atoms with Crippen molar-refractivity contribution in [1.29, 1.82) is 0 Å². The largest absolute Gasteiger partial charge is 0.496 e. The van der Waals surface area contributed by atoms with Gasteiger partial charge in [0, 0.05) is 39.8 Å². The van der Waals surface area contributed by atoms with Crippen molar-refractivity contribution in [3.05, 3.63) is 95.3 Å². The number of methoxy groups -OCH3 is 1. The lowest BCUT2D eigenvalue weighted by atomic mass is 9.93. The third kappa shape index (κ3) is 4.61. The van der Waals surface area contributed by atoms with Crippen LogP contribution in [0.25, 0.3) is 17.0 Å². The molecule has 2 aromatic carbocycles. The van der Waals surface area contributed by atoms with Crippen molar-refractivity contribution < 1.29 is 14.3 Å². The number of aromatic nitrogens is 2. The van der Waals surface area contributed by atoms with Gasteiger partial charge in [0.1, 0.15) is 11.8 Å². The van der Waals surface area contributed by atoms with Gasteiger partial charge in [-0.25, -0.2) is 9.79 Å². The molecule has 0 saturated carbocycles. The average Bonchev–Trinajstić information content (AvgIpc) is 3.36. The molecule has 39 heavy (non-hydrogen) atoms. The molecule has 1 aliphatic rings. The number of fused-ring (bicyclic) bond motifs is 2. The first-order valence-electron chi connectivity index (χ1n) is 12.9. The molecule has 0 amide bonds. The standard InChI is InChI=1S/C30H30ClN3O4S/c1-6-10-22-26(29(36)38-7-2)27(21-15-18(31)13-14-24(21)37-5)34-28(35)25(39-30(34)32-22)16-20-17(3)33(4)23-12-9-8-11-19(20)23/h8-9,11-16,27H,6-7,10H2,1-5H3/b25-16+/t27-/m1/s1. The summed E-state index contributed by atoms with van der Waals surface area (Å²) >= 11 is 7.74. The van der Waals surface area contributed by atoms with E-state index in [-0.39, 0.29) is 12.2 Å². The summed E-state index contributed by atoms with van der Waals surface area (Å²) < 4.78 is 15.4. The van der Waals surface area contributed by atoms with Crippen LogP contribution < -0.4 is 19.6 Å². The Hall–Kier alpha value is -3.62. The number of allylic oxidation sites excluding steroid dienone is 1. The van der Waals surface area contributed by atoms with Crippen LogP contribution >= 0.6 is 22.9 Å². The van der Waals surface area contributed by atoms with Gasteiger partial charge in [0.15, 0.2) is 4.80 Å². The molecule has 202 valence electrons. The number of ether oxygens (including phenoxy) is 2. The molecule has 3 heterocycles. The first-order chi connectivity index (χ1) is 18.8. The smallest absolute Gasteiger partial charge is 0.338 e. The van der Waals surface area contributed by atoms with Gasteiger partial charge in [-0.05, 0) is 50.6 Å². The number of hydrogen-bond acceptors (Lipinski definition) is 6. The van der Waals surface area contributed by atoms with Crippen molar-refractivity contribution in [2.24, 2.45) is 12.0 Å². The van der Waals surface area contributed by atoms with E-state index in [9.17, 15) is 9.59 Å². The first-order valence-corrected chi connectivity index (χ1v) is 14.1. The minimum absolute atomic E-state index is 0.200. The predicted octanol–water partition coefficient (Wildman–Crippen LogP) is 5.04. The monoisotopic (exact) mass is 563 g/mol. The molecular weight excluding hydrogens is 534 g/mol. The van der Waals surface area contributed by atoms with E-state index in [4.69, 9.17) is 26.1 Å². The van der Waals surface area contributed by atoms with Crippen LogP contribution in [-0.2, 0) is 16.6 Å². The minimum atomic E-state index is -0.800. The molecule has 2 aromatic heterocycles. The first kappa shape index (κ1) is 27.0. The molecular formula is C30H30ClN3O4S. The highest BCUT2D eigenvalue weighted by Gasteiger charge is 2.36. The summed E-state index contributed by atoms with van der Waals surface area (Å²) in [5.74, 6) is 0.0133. The molecule has 5 rings (SSSR count). The zero-order valence-corrected chi connectivity index (χ0v) is 24.2. The summed E-state index contributed by atoms with van der Waals surface area (Å²) in [6, 6.07) is 12.5. The van der Waals surface area contributed by atoms with Crippen LogP contribution in [0.1, 0.15) is 49.6 Å². The lowest BCUT2D eigenvalue weighted by Gasteiger charge is -2.27. The number of aryl methyl sites for hydroxylation is 1. The highest BCUT2D eigenvalue weighted by molar-refractivity contribution is 7.07. The molecule has 0 aliphatic carbocycles. The number of rotatable bonds is 7. The molecule has 0 N–H and O–H groups in total. The lowest BCUT2D eigenvalue weighted by Crippen LogP contribution is -2.40. The fraction of sp³-hybridized carbons (Fsp3) is 0.300. The second-order valence-electron chi connectivity index (χ2n) is 9.38. The average molecular weight is 564 g/mol. The van der Waals surface area contributed by atoms with E-state index in [1.165, 1.54) is 11.3 Å². The second-order valence-corrected chi connectivity index (χ2v) is 10.8. The summed E-state index contributed by atoms with van der Waals surface area (Å²) in [4.78, 5) is 33.0. The van der Waals surface area contributed by atoms with Crippen LogP contribution in [0.5, 0.6) is 5.75 Å².